The first-order valence-electron chi connectivity index (χ1n) is 6.48. The van der Waals surface area contributed by atoms with Gasteiger partial charge in [0.2, 0.25) is 0 Å². The van der Waals surface area contributed by atoms with Crippen molar-refractivity contribution in [3.63, 3.8) is 0 Å². The molecule has 1 aromatic carbocycles. The second-order valence-electron chi connectivity index (χ2n) is 4.78. The van der Waals surface area contributed by atoms with Crippen LogP contribution in [0.1, 0.15) is 30.0 Å². The smallest absolute Gasteiger partial charge is 0.0705 e. The number of pyridine rings is 1. The Hall–Kier alpha value is -1.67. The van der Waals surface area contributed by atoms with E-state index in [0.717, 1.165) is 37.1 Å². The van der Waals surface area contributed by atoms with Crippen molar-refractivity contribution in [3.05, 3.63) is 48.2 Å². The molecule has 0 aliphatic carbocycles. The molecule has 18 heavy (non-hydrogen) atoms. The van der Waals surface area contributed by atoms with Crippen molar-refractivity contribution in [2.24, 2.45) is 0 Å². The predicted molar refractivity (Wildman–Crippen MR) is 74.6 cm³/mol. The Balaban J connectivity index is 1.97. The van der Waals surface area contributed by atoms with E-state index in [4.69, 9.17) is 9.72 Å². The zero-order chi connectivity index (χ0) is 12.4. The summed E-state index contributed by atoms with van der Waals surface area (Å²) < 4.78 is 5.40. The lowest BCUT2D eigenvalue weighted by atomic mass is 9.95. The summed E-state index contributed by atoms with van der Waals surface area (Å²) in [5.41, 5.74) is 3.42. The molecule has 1 fully saturated rings. The molecule has 2 aromatic rings. The number of ether oxygens (including phenoxy) is 1. The van der Waals surface area contributed by atoms with Gasteiger partial charge in [-0.3, -0.25) is 4.98 Å². The van der Waals surface area contributed by atoms with Crippen molar-refractivity contribution in [1.29, 1.82) is 0 Å². The number of aromatic nitrogens is 1. The van der Waals surface area contributed by atoms with Crippen LogP contribution in [0.5, 0.6) is 0 Å². The number of rotatable bonds is 2. The highest BCUT2D eigenvalue weighted by atomic mass is 16.5. The molecule has 0 saturated carbocycles. The number of hydrogen-bond acceptors (Lipinski definition) is 2. The molecule has 0 atom stereocenters. The molecular formula is C16H17NO. The van der Waals surface area contributed by atoms with Gasteiger partial charge in [0, 0.05) is 30.2 Å². The molecule has 1 aliphatic heterocycles. The van der Waals surface area contributed by atoms with Crippen molar-refractivity contribution in [1.82, 2.24) is 4.98 Å². The summed E-state index contributed by atoms with van der Waals surface area (Å²) in [7, 11) is 0. The SMILES string of the molecule is C=Cc1ccc2nc(C3CCOCC3)ccc2c1. The van der Waals surface area contributed by atoms with Crippen LogP contribution in [0, 0.1) is 0 Å². The molecule has 0 N–H and O–H groups in total. The number of fused-ring (bicyclic) bond motifs is 1. The minimum atomic E-state index is 0.558. The summed E-state index contributed by atoms with van der Waals surface area (Å²) in [6.07, 6.45) is 4.04. The third kappa shape index (κ3) is 2.16. The highest BCUT2D eigenvalue weighted by Crippen LogP contribution is 2.27. The van der Waals surface area contributed by atoms with Gasteiger partial charge < -0.3 is 4.74 Å². The van der Waals surface area contributed by atoms with Crippen LogP contribution >= 0.6 is 0 Å². The standard InChI is InChI=1S/C16H17NO/c1-2-12-3-5-16-14(11-12)4-6-15(17-16)13-7-9-18-10-8-13/h2-6,11,13H,1,7-10H2. The lowest BCUT2D eigenvalue weighted by Gasteiger charge is -2.21. The van der Waals surface area contributed by atoms with Gasteiger partial charge in [0.05, 0.1) is 5.52 Å². The van der Waals surface area contributed by atoms with E-state index in [0.29, 0.717) is 5.92 Å². The first kappa shape index (κ1) is 11.4. The Morgan fingerprint density at radius 3 is 2.78 bits per heavy atom. The van der Waals surface area contributed by atoms with E-state index in [2.05, 4.69) is 36.9 Å². The Kier molecular flexibility index (Phi) is 3.11. The van der Waals surface area contributed by atoms with Crippen molar-refractivity contribution in [2.75, 3.05) is 13.2 Å². The van der Waals surface area contributed by atoms with Crippen LogP contribution in [-0.4, -0.2) is 18.2 Å². The zero-order valence-electron chi connectivity index (χ0n) is 10.4. The molecule has 0 unspecified atom stereocenters. The first-order valence-corrected chi connectivity index (χ1v) is 6.48. The Morgan fingerprint density at radius 2 is 2.00 bits per heavy atom. The lowest BCUT2D eigenvalue weighted by Crippen LogP contribution is -2.15. The van der Waals surface area contributed by atoms with E-state index in [-0.39, 0.29) is 0 Å². The fraction of sp³-hybridized carbons (Fsp3) is 0.312. The summed E-state index contributed by atoms with van der Waals surface area (Å²) in [5.74, 6) is 0.558. The third-order valence-corrected chi connectivity index (χ3v) is 3.61. The summed E-state index contributed by atoms with van der Waals surface area (Å²) in [5, 5.41) is 1.18. The molecule has 0 radical (unpaired) electrons. The minimum Gasteiger partial charge on any atom is -0.381 e. The normalized spacial score (nSPS) is 16.9. The second kappa shape index (κ2) is 4.91. The van der Waals surface area contributed by atoms with E-state index in [1.54, 1.807) is 0 Å². The molecule has 2 nitrogen and oxygen atoms in total. The maximum absolute atomic E-state index is 5.40. The van der Waals surface area contributed by atoms with E-state index in [9.17, 15) is 0 Å². The average molecular weight is 239 g/mol. The highest BCUT2D eigenvalue weighted by molar-refractivity contribution is 5.81. The maximum atomic E-state index is 5.40. The van der Waals surface area contributed by atoms with E-state index < -0.39 is 0 Å². The van der Waals surface area contributed by atoms with Gasteiger partial charge in [-0.1, -0.05) is 24.8 Å². The van der Waals surface area contributed by atoms with E-state index in [1.807, 2.05) is 6.08 Å². The van der Waals surface area contributed by atoms with Crippen LogP contribution in [0.4, 0.5) is 0 Å². The van der Waals surface area contributed by atoms with Gasteiger partial charge in [-0.15, -0.1) is 0 Å². The molecule has 0 amide bonds. The van der Waals surface area contributed by atoms with Crippen molar-refractivity contribution in [2.45, 2.75) is 18.8 Å². The van der Waals surface area contributed by atoms with E-state index in [1.165, 1.54) is 11.1 Å². The van der Waals surface area contributed by atoms with Crippen LogP contribution < -0.4 is 0 Å². The average Bonchev–Trinajstić information content (AvgIpc) is 2.47. The molecule has 1 saturated heterocycles. The van der Waals surface area contributed by atoms with Crippen LogP contribution in [-0.2, 0) is 4.74 Å². The summed E-state index contributed by atoms with van der Waals surface area (Å²) in [4.78, 5) is 4.78. The van der Waals surface area contributed by atoms with Gasteiger partial charge >= 0.3 is 0 Å². The number of nitrogens with zero attached hydrogens (tertiary/aromatic N) is 1. The lowest BCUT2D eigenvalue weighted by molar-refractivity contribution is 0.0846. The summed E-state index contributed by atoms with van der Waals surface area (Å²) >= 11 is 0. The number of hydrogen-bond donors (Lipinski definition) is 0. The molecule has 3 rings (SSSR count). The predicted octanol–water partition coefficient (Wildman–Crippen LogP) is 3.77. The van der Waals surface area contributed by atoms with Gasteiger partial charge in [0.25, 0.3) is 0 Å². The third-order valence-electron chi connectivity index (χ3n) is 3.61. The van der Waals surface area contributed by atoms with Gasteiger partial charge in [-0.05, 0) is 36.6 Å². The Labute approximate surface area is 107 Å². The fourth-order valence-corrected chi connectivity index (χ4v) is 2.51. The molecule has 92 valence electrons. The second-order valence-corrected chi connectivity index (χ2v) is 4.78. The quantitative estimate of drug-likeness (QED) is 0.795. The van der Waals surface area contributed by atoms with Crippen molar-refractivity contribution >= 4 is 17.0 Å². The number of benzene rings is 1. The van der Waals surface area contributed by atoms with Crippen LogP contribution in [0.25, 0.3) is 17.0 Å². The maximum Gasteiger partial charge on any atom is 0.0705 e. The molecule has 1 aliphatic rings. The molecule has 0 spiro atoms. The summed E-state index contributed by atoms with van der Waals surface area (Å²) in [6, 6.07) is 10.6. The van der Waals surface area contributed by atoms with Gasteiger partial charge in [-0.2, -0.15) is 0 Å². The molecule has 1 aromatic heterocycles. The van der Waals surface area contributed by atoms with Gasteiger partial charge in [-0.25, -0.2) is 0 Å². The van der Waals surface area contributed by atoms with Crippen molar-refractivity contribution in [3.8, 4) is 0 Å². The fourth-order valence-electron chi connectivity index (χ4n) is 2.51. The summed E-state index contributed by atoms with van der Waals surface area (Å²) in [6.45, 7) is 5.52. The van der Waals surface area contributed by atoms with Crippen LogP contribution in [0.3, 0.4) is 0 Å². The Bertz CT molecular complexity index is 570. The molecule has 2 heterocycles. The van der Waals surface area contributed by atoms with Gasteiger partial charge in [0.1, 0.15) is 0 Å². The zero-order valence-corrected chi connectivity index (χ0v) is 10.4. The van der Waals surface area contributed by atoms with Crippen LogP contribution in [0.15, 0.2) is 36.9 Å². The van der Waals surface area contributed by atoms with E-state index >= 15 is 0 Å². The Morgan fingerprint density at radius 1 is 1.17 bits per heavy atom. The monoisotopic (exact) mass is 239 g/mol. The first-order chi connectivity index (χ1) is 8.86. The topological polar surface area (TPSA) is 22.1 Å². The van der Waals surface area contributed by atoms with Crippen molar-refractivity contribution < 1.29 is 4.74 Å². The van der Waals surface area contributed by atoms with Gasteiger partial charge in [0.15, 0.2) is 0 Å². The largest absolute Gasteiger partial charge is 0.381 e. The molecule has 0 bridgehead atoms. The molecular weight excluding hydrogens is 222 g/mol. The van der Waals surface area contributed by atoms with Crippen LogP contribution in [0.2, 0.25) is 0 Å². The highest BCUT2D eigenvalue weighted by Gasteiger charge is 2.17. The molecule has 2 heteroatoms. The minimum absolute atomic E-state index is 0.558.